The molecule has 88 valence electrons. The molecule has 4 heteroatoms. The number of hydrogen-bond donors (Lipinski definition) is 1. The van der Waals surface area contributed by atoms with Gasteiger partial charge in [0.2, 0.25) is 0 Å². The van der Waals surface area contributed by atoms with Crippen LogP contribution >= 0.6 is 0 Å². The summed E-state index contributed by atoms with van der Waals surface area (Å²) in [7, 11) is 1.70. The predicted octanol–water partition coefficient (Wildman–Crippen LogP) is 1.47. The third-order valence-electron chi connectivity index (χ3n) is 3.01. The van der Waals surface area contributed by atoms with Gasteiger partial charge in [0.25, 0.3) is 0 Å². The van der Waals surface area contributed by atoms with E-state index in [-0.39, 0.29) is 6.10 Å². The normalized spacial score (nSPS) is 20.2. The van der Waals surface area contributed by atoms with E-state index in [1.54, 1.807) is 7.11 Å². The number of benzene rings is 1. The fourth-order valence-corrected chi connectivity index (χ4v) is 2.11. The Hall–Kier alpha value is -1.26. The van der Waals surface area contributed by atoms with Crippen molar-refractivity contribution < 1.29 is 9.57 Å². The molecule has 1 atom stereocenters. The van der Waals surface area contributed by atoms with Gasteiger partial charge >= 0.3 is 0 Å². The van der Waals surface area contributed by atoms with Crippen molar-refractivity contribution >= 4 is 5.69 Å². The van der Waals surface area contributed by atoms with E-state index in [1.807, 2.05) is 6.07 Å². The fraction of sp³-hybridized carbons (Fsp3) is 0.500. The zero-order valence-corrected chi connectivity index (χ0v) is 9.77. The summed E-state index contributed by atoms with van der Waals surface area (Å²) < 4.78 is 5.37. The second-order valence-electron chi connectivity index (χ2n) is 4.17. The lowest BCUT2D eigenvalue weighted by Gasteiger charge is -2.21. The molecule has 0 aliphatic carbocycles. The van der Waals surface area contributed by atoms with E-state index in [0.29, 0.717) is 0 Å². The number of anilines is 1. The van der Waals surface area contributed by atoms with Crippen molar-refractivity contribution in [3.8, 4) is 5.75 Å². The van der Waals surface area contributed by atoms with E-state index in [4.69, 9.17) is 15.5 Å². The van der Waals surface area contributed by atoms with Crippen LogP contribution in [0.4, 0.5) is 5.69 Å². The Labute approximate surface area is 95.9 Å². The van der Waals surface area contributed by atoms with Gasteiger partial charge in [0, 0.05) is 13.1 Å². The minimum atomic E-state index is 0.130. The van der Waals surface area contributed by atoms with Crippen LogP contribution in [0.3, 0.4) is 0 Å². The minimum absolute atomic E-state index is 0.130. The lowest BCUT2D eigenvalue weighted by Crippen LogP contribution is -2.24. The maximum atomic E-state index is 5.37. The van der Waals surface area contributed by atoms with Gasteiger partial charge in [0.1, 0.15) is 5.75 Å². The number of nitrogens with zero attached hydrogens (tertiary/aromatic N) is 1. The second kappa shape index (κ2) is 4.72. The molecule has 0 amide bonds. The molecule has 0 bridgehead atoms. The molecule has 1 saturated heterocycles. The maximum absolute atomic E-state index is 5.37. The van der Waals surface area contributed by atoms with Crippen molar-refractivity contribution in [2.45, 2.75) is 19.4 Å². The first-order valence-corrected chi connectivity index (χ1v) is 5.49. The molecule has 1 fully saturated rings. The third kappa shape index (κ3) is 2.13. The molecule has 0 radical (unpaired) electrons. The standard InChI is InChI=1S/C12H18N2O2/c1-9-3-4-12(15-2)11(7-9)14-6-5-10(8-14)16-13/h3-4,7,10H,5-6,8,13H2,1-2H3. The summed E-state index contributed by atoms with van der Waals surface area (Å²) in [5.41, 5.74) is 2.36. The summed E-state index contributed by atoms with van der Waals surface area (Å²) in [6, 6.07) is 6.19. The van der Waals surface area contributed by atoms with Crippen molar-refractivity contribution in [3.63, 3.8) is 0 Å². The number of hydrogen-bond acceptors (Lipinski definition) is 4. The van der Waals surface area contributed by atoms with Crippen molar-refractivity contribution in [3.05, 3.63) is 23.8 Å². The monoisotopic (exact) mass is 222 g/mol. The van der Waals surface area contributed by atoms with E-state index >= 15 is 0 Å². The van der Waals surface area contributed by atoms with Gasteiger partial charge in [-0.1, -0.05) is 6.07 Å². The maximum Gasteiger partial charge on any atom is 0.142 e. The van der Waals surface area contributed by atoms with Gasteiger partial charge in [0.15, 0.2) is 0 Å². The average molecular weight is 222 g/mol. The summed E-state index contributed by atoms with van der Waals surface area (Å²) in [5.74, 6) is 6.12. The van der Waals surface area contributed by atoms with Crippen molar-refractivity contribution in [1.82, 2.24) is 0 Å². The highest BCUT2D eigenvalue weighted by atomic mass is 16.6. The first kappa shape index (κ1) is 11.2. The molecule has 1 aliphatic rings. The quantitative estimate of drug-likeness (QED) is 0.787. The number of aryl methyl sites for hydroxylation is 1. The van der Waals surface area contributed by atoms with Gasteiger partial charge in [-0.05, 0) is 31.0 Å². The van der Waals surface area contributed by atoms with Crippen LogP contribution in [0.25, 0.3) is 0 Å². The zero-order valence-electron chi connectivity index (χ0n) is 9.77. The molecular formula is C12H18N2O2. The Kier molecular flexibility index (Phi) is 3.31. The first-order valence-electron chi connectivity index (χ1n) is 5.49. The Bertz CT molecular complexity index is 368. The fourth-order valence-electron chi connectivity index (χ4n) is 2.11. The molecule has 1 aromatic carbocycles. The summed E-state index contributed by atoms with van der Waals surface area (Å²) >= 11 is 0. The summed E-state index contributed by atoms with van der Waals surface area (Å²) in [4.78, 5) is 7.14. The van der Waals surface area contributed by atoms with Crippen LogP contribution in [0.5, 0.6) is 5.75 Å². The van der Waals surface area contributed by atoms with Crippen LogP contribution in [0.15, 0.2) is 18.2 Å². The van der Waals surface area contributed by atoms with Crippen LogP contribution in [0.1, 0.15) is 12.0 Å². The molecule has 1 aromatic rings. The Morgan fingerprint density at radius 3 is 2.88 bits per heavy atom. The van der Waals surface area contributed by atoms with Crippen LogP contribution in [0.2, 0.25) is 0 Å². The van der Waals surface area contributed by atoms with Crippen LogP contribution in [0, 0.1) is 6.92 Å². The van der Waals surface area contributed by atoms with E-state index in [9.17, 15) is 0 Å². The summed E-state index contributed by atoms with van der Waals surface area (Å²) in [6.45, 7) is 3.87. The molecule has 0 saturated carbocycles. The molecule has 4 nitrogen and oxygen atoms in total. The molecule has 1 unspecified atom stereocenters. The topological polar surface area (TPSA) is 47.7 Å². The van der Waals surface area contributed by atoms with Crippen LogP contribution < -0.4 is 15.5 Å². The van der Waals surface area contributed by atoms with Gasteiger partial charge in [0.05, 0.1) is 18.9 Å². The largest absolute Gasteiger partial charge is 0.495 e. The highest BCUT2D eigenvalue weighted by molar-refractivity contribution is 5.60. The minimum Gasteiger partial charge on any atom is -0.495 e. The molecular weight excluding hydrogens is 204 g/mol. The van der Waals surface area contributed by atoms with Gasteiger partial charge in [-0.2, -0.15) is 0 Å². The number of ether oxygens (including phenoxy) is 1. The SMILES string of the molecule is COc1ccc(C)cc1N1CCC(ON)C1. The third-order valence-corrected chi connectivity index (χ3v) is 3.01. The molecule has 2 N–H and O–H groups in total. The van der Waals surface area contributed by atoms with Crippen molar-refractivity contribution in [1.29, 1.82) is 0 Å². The smallest absolute Gasteiger partial charge is 0.142 e. The summed E-state index contributed by atoms with van der Waals surface area (Å²) in [6.07, 6.45) is 1.10. The first-order chi connectivity index (χ1) is 7.74. The molecule has 0 spiro atoms. The van der Waals surface area contributed by atoms with Crippen LogP contribution in [-0.4, -0.2) is 26.3 Å². The van der Waals surface area contributed by atoms with E-state index < -0.39 is 0 Å². The summed E-state index contributed by atoms with van der Waals surface area (Å²) in [5, 5.41) is 0. The van der Waals surface area contributed by atoms with Crippen LogP contribution in [-0.2, 0) is 4.84 Å². The molecule has 0 aromatic heterocycles. The average Bonchev–Trinajstić information content (AvgIpc) is 2.77. The van der Waals surface area contributed by atoms with Gasteiger partial charge in [-0.3, -0.25) is 4.84 Å². The van der Waals surface area contributed by atoms with Gasteiger partial charge in [-0.25, -0.2) is 5.90 Å². The molecule has 1 heterocycles. The lowest BCUT2D eigenvalue weighted by atomic mass is 10.2. The number of rotatable bonds is 3. The van der Waals surface area contributed by atoms with E-state index in [1.165, 1.54) is 5.56 Å². The number of nitrogens with two attached hydrogens (primary N) is 1. The number of methoxy groups -OCH3 is 1. The van der Waals surface area contributed by atoms with Crippen molar-refractivity contribution in [2.75, 3.05) is 25.1 Å². The molecule has 16 heavy (non-hydrogen) atoms. The zero-order chi connectivity index (χ0) is 11.5. The Balaban J connectivity index is 2.22. The highest BCUT2D eigenvalue weighted by Crippen LogP contribution is 2.31. The predicted molar refractivity (Wildman–Crippen MR) is 63.6 cm³/mol. The van der Waals surface area contributed by atoms with Gasteiger partial charge in [-0.15, -0.1) is 0 Å². The Morgan fingerprint density at radius 1 is 1.44 bits per heavy atom. The second-order valence-corrected chi connectivity index (χ2v) is 4.17. The molecule has 2 rings (SSSR count). The van der Waals surface area contributed by atoms with Gasteiger partial charge < -0.3 is 9.64 Å². The lowest BCUT2D eigenvalue weighted by molar-refractivity contribution is 0.0690. The van der Waals surface area contributed by atoms with E-state index in [0.717, 1.165) is 30.9 Å². The Morgan fingerprint density at radius 2 is 2.25 bits per heavy atom. The van der Waals surface area contributed by atoms with Crippen molar-refractivity contribution in [2.24, 2.45) is 5.90 Å². The molecule has 1 aliphatic heterocycles. The highest BCUT2D eigenvalue weighted by Gasteiger charge is 2.24. The van der Waals surface area contributed by atoms with E-state index in [2.05, 4.69) is 24.0 Å².